The molecular formula is C13H15ClN4O. The Morgan fingerprint density at radius 1 is 1.32 bits per heavy atom. The summed E-state index contributed by atoms with van der Waals surface area (Å²) in [7, 11) is 0. The Labute approximate surface area is 115 Å². The minimum atomic E-state index is -0.0855. The number of nitrogens with one attached hydrogen (secondary N) is 1. The van der Waals surface area contributed by atoms with Gasteiger partial charge in [0.1, 0.15) is 5.65 Å². The second-order valence-corrected chi connectivity index (χ2v) is 5.12. The van der Waals surface area contributed by atoms with Crippen LogP contribution in [0.3, 0.4) is 0 Å². The Kier molecular flexibility index (Phi) is 3.50. The van der Waals surface area contributed by atoms with Gasteiger partial charge in [0.2, 0.25) is 0 Å². The average Bonchev–Trinajstić information content (AvgIpc) is 2.41. The molecule has 1 N–H and O–H groups in total. The minimum Gasteiger partial charge on any atom is -0.314 e. The van der Waals surface area contributed by atoms with Crippen LogP contribution >= 0.6 is 11.6 Å². The summed E-state index contributed by atoms with van der Waals surface area (Å²) in [6.07, 6.45) is 1.60. The van der Waals surface area contributed by atoms with E-state index in [0.717, 1.165) is 38.4 Å². The predicted molar refractivity (Wildman–Crippen MR) is 74.6 cm³/mol. The molecule has 2 aromatic heterocycles. The molecule has 19 heavy (non-hydrogen) atoms. The smallest absolute Gasteiger partial charge is 0.258 e. The van der Waals surface area contributed by atoms with Crippen LogP contribution in [0.15, 0.2) is 29.2 Å². The molecule has 0 aromatic carbocycles. The van der Waals surface area contributed by atoms with Crippen molar-refractivity contribution in [2.45, 2.75) is 6.54 Å². The van der Waals surface area contributed by atoms with Gasteiger partial charge in [0.15, 0.2) is 0 Å². The van der Waals surface area contributed by atoms with Crippen LogP contribution in [0.5, 0.6) is 0 Å². The van der Waals surface area contributed by atoms with Gasteiger partial charge in [-0.25, -0.2) is 4.98 Å². The van der Waals surface area contributed by atoms with Gasteiger partial charge in [-0.1, -0.05) is 11.6 Å². The predicted octanol–water partition coefficient (Wildman–Crippen LogP) is 0.753. The average molecular weight is 279 g/mol. The number of halogens is 1. The third-order valence-electron chi connectivity index (χ3n) is 3.27. The van der Waals surface area contributed by atoms with Crippen molar-refractivity contribution < 1.29 is 0 Å². The fourth-order valence-electron chi connectivity index (χ4n) is 2.31. The number of rotatable bonds is 2. The molecule has 0 bridgehead atoms. The van der Waals surface area contributed by atoms with Crippen molar-refractivity contribution in [2.75, 3.05) is 26.2 Å². The molecule has 1 saturated heterocycles. The van der Waals surface area contributed by atoms with Crippen LogP contribution in [-0.2, 0) is 6.54 Å². The maximum absolute atomic E-state index is 12.0. The van der Waals surface area contributed by atoms with Crippen molar-refractivity contribution in [1.29, 1.82) is 0 Å². The van der Waals surface area contributed by atoms with E-state index < -0.39 is 0 Å². The van der Waals surface area contributed by atoms with E-state index in [1.54, 1.807) is 24.4 Å². The zero-order valence-electron chi connectivity index (χ0n) is 10.5. The van der Waals surface area contributed by atoms with E-state index in [4.69, 9.17) is 11.6 Å². The maximum atomic E-state index is 12.0. The molecule has 6 heteroatoms. The van der Waals surface area contributed by atoms with Gasteiger partial charge in [-0.05, 0) is 12.1 Å². The molecule has 1 fully saturated rings. The summed E-state index contributed by atoms with van der Waals surface area (Å²) in [5, 5.41) is 3.84. The highest BCUT2D eigenvalue weighted by molar-refractivity contribution is 6.30. The highest BCUT2D eigenvalue weighted by atomic mass is 35.5. The van der Waals surface area contributed by atoms with Gasteiger partial charge in [0.25, 0.3) is 5.56 Å². The van der Waals surface area contributed by atoms with Crippen molar-refractivity contribution in [2.24, 2.45) is 0 Å². The molecule has 0 radical (unpaired) electrons. The SMILES string of the molecule is O=c1cc(CN2CCNCC2)nc2ccc(Cl)cn12. The normalized spacial score (nSPS) is 16.9. The number of hydrogen-bond donors (Lipinski definition) is 1. The Balaban J connectivity index is 1.92. The summed E-state index contributed by atoms with van der Waals surface area (Å²) in [5.74, 6) is 0. The fourth-order valence-corrected chi connectivity index (χ4v) is 2.47. The van der Waals surface area contributed by atoms with Gasteiger partial charge in [-0.3, -0.25) is 14.1 Å². The molecule has 0 aliphatic carbocycles. The van der Waals surface area contributed by atoms with Crippen LogP contribution in [-0.4, -0.2) is 40.5 Å². The molecule has 3 rings (SSSR count). The molecule has 5 nitrogen and oxygen atoms in total. The van der Waals surface area contributed by atoms with Gasteiger partial charge in [-0.2, -0.15) is 0 Å². The van der Waals surface area contributed by atoms with Crippen molar-refractivity contribution in [3.63, 3.8) is 0 Å². The van der Waals surface area contributed by atoms with Gasteiger partial charge < -0.3 is 5.32 Å². The molecule has 2 aromatic rings. The van der Waals surface area contributed by atoms with Crippen LogP contribution in [0.25, 0.3) is 5.65 Å². The summed E-state index contributed by atoms with van der Waals surface area (Å²) in [6, 6.07) is 5.11. The molecule has 1 aliphatic heterocycles. The van der Waals surface area contributed by atoms with Crippen molar-refractivity contribution >= 4 is 17.2 Å². The Morgan fingerprint density at radius 3 is 2.89 bits per heavy atom. The number of hydrogen-bond acceptors (Lipinski definition) is 4. The standard InChI is InChI=1S/C13H15ClN4O/c14-10-1-2-12-16-11(7-13(19)18(12)8-10)9-17-5-3-15-4-6-17/h1-2,7-8,15H,3-6,9H2. The third-order valence-corrected chi connectivity index (χ3v) is 3.50. The summed E-state index contributed by atoms with van der Waals surface area (Å²) in [6.45, 7) is 4.67. The van der Waals surface area contributed by atoms with Gasteiger partial charge in [0.05, 0.1) is 10.7 Å². The van der Waals surface area contributed by atoms with Gasteiger partial charge >= 0.3 is 0 Å². The Morgan fingerprint density at radius 2 is 2.11 bits per heavy atom. The van der Waals surface area contributed by atoms with Crippen molar-refractivity contribution in [3.8, 4) is 0 Å². The first kappa shape index (κ1) is 12.6. The Hall–Kier alpha value is -1.43. The second kappa shape index (κ2) is 5.28. The maximum Gasteiger partial charge on any atom is 0.258 e. The quantitative estimate of drug-likeness (QED) is 0.881. The van der Waals surface area contributed by atoms with E-state index in [2.05, 4.69) is 15.2 Å². The van der Waals surface area contributed by atoms with Crippen LogP contribution in [0.1, 0.15) is 5.69 Å². The zero-order chi connectivity index (χ0) is 13.2. The monoisotopic (exact) mass is 278 g/mol. The van der Waals surface area contributed by atoms with Gasteiger partial charge in [0, 0.05) is 45.0 Å². The van der Waals surface area contributed by atoms with E-state index in [1.807, 2.05) is 0 Å². The molecule has 0 amide bonds. The number of piperazine rings is 1. The van der Waals surface area contributed by atoms with Crippen LogP contribution in [0.2, 0.25) is 5.02 Å². The van der Waals surface area contributed by atoms with E-state index >= 15 is 0 Å². The minimum absolute atomic E-state index is 0.0855. The van der Waals surface area contributed by atoms with E-state index in [0.29, 0.717) is 10.7 Å². The van der Waals surface area contributed by atoms with Crippen molar-refractivity contribution in [3.05, 3.63) is 45.5 Å². The lowest BCUT2D eigenvalue weighted by atomic mass is 10.3. The number of nitrogens with zero attached hydrogens (tertiary/aromatic N) is 3. The van der Waals surface area contributed by atoms with Crippen LogP contribution < -0.4 is 10.9 Å². The molecule has 0 unspecified atom stereocenters. The lowest BCUT2D eigenvalue weighted by molar-refractivity contribution is 0.231. The molecular weight excluding hydrogens is 264 g/mol. The van der Waals surface area contributed by atoms with Crippen LogP contribution in [0, 0.1) is 0 Å². The van der Waals surface area contributed by atoms with Gasteiger partial charge in [-0.15, -0.1) is 0 Å². The topological polar surface area (TPSA) is 49.6 Å². The highest BCUT2D eigenvalue weighted by Crippen LogP contribution is 2.09. The summed E-state index contributed by atoms with van der Waals surface area (Å²) < 4.78 is 1.48. The summed E-state index contributed by atoms with van der Waals surface area (Å²) in [4.78, 5) is 18.8. The third kappa shape index (κ3) is 2.78. The molecule has 0 atom stereocenters. The second-order valence-electron chi connectivity index (χ2n) is 4.69. The van der Waals surface area contributed by atoms with Crippen LogP contribution in [0.4, 0.5) is 0 Å². The molecule has 100 valence electrons. The first-order chi connectivity index (χ1) is 9.22. The number of pyridine rings is 1. The fraction of sp³-hybridized carbons (Fsp3) is 0.385. The van der Waals surface area contributed by atoms with E-state index in [-0.39, 0.29) is 5.56 Å². The number of fused-ring (bicyclic) bond motifs is 1. The molecule has 0 saturated carbocycles. The lowest BCUT2D eigenvalue weighted by Crippen LogP contribution is -2.43. The number of aromatic nitrogens is 2. The summed E-state index contributed by atoms with van der Waals surface area (Å²) in [5.41, 5.74) is 1.37. The van der Waals surface area contributed by atoms with Crippen molar-refractivity contribution in [1.82, 2.24) is 19.6 Å². The highest BCUT2D eigenvalue weighted by Gasteiger charge is 2.11. The zero-order valence-corrected chi connectivity index (χ0v) is 11.2. The lowest BCUT2D eigenvalue weighted by Gasteiger charge is -2.26. The molecule has 3 heterocycles. The molecule has 0 spiro atoms. The Bertz CT molecular complexity index is 649. The summed E-state index contributed by atoms with van der Waals surface area (Å²) >= 11 is 5.88. The largest absolute Gasteiger partial charge is 0.314 e. The first-order valence-corrected chi connectivity index (χ1v) is 6.71. The van der Waals surface area contributed by atoms with E-state index in [1.165, 1.54) is 4.40 Å². The first-order valence-electron chi connectivity index (χ1n) is 6.33. The molecule has 1 aliphatic rings. The van der Waals surface area contributed by atoms with E-state index in [9.17, 15) is 4.79 Å².